The Hall–Kier alpha value is -2.26. The van der Waals surface area contributed by atoms with E-state index in [1.165, 1.54) is 31.4 Å². The van der Waals surface area contributed by atoms with Crippen molar-refractivity contribution in [2.45, 2.75) is 4.90 Å². The highest BCUT2D eigenvalue weighted by Crippen LogP contribution is 2.27. The van der Waals surface area contributed by atoms with Gasteiger partial charge < -0.3 is 10.5 Å². The monoisotopic (exact) mass is 330 g/mol. The van der Waals surface area contributed by atoms with Crippen LogP contribution in [0.3, 0.4) is 0 Å². The van der Waals surface area contributed by atoms with Gasteiger partial charge in [0.2, 0.25) is 0 Å². The van der Waals surface area contributed by atoms with E-state index in [9.17, 15) is 13.2 Å². The number of halogens is 1. The van der Waals surface area contributed by atoms with E-state index in [1.807, 2.05) is 0 Å². The standard InChI is InChI=1S/C11H11ClN4O4S/c1-20-9-3-2-6(4-7(9)12)21(18,19)16-10-5-8(11(13)17)14-15-10/h2-5H,1H3,(H2,13,17)(H2,14,15,16). The van der Waals surface area contributed by atoms with Gasteiger partial charge in [0.1, 0.15) is 11.4 Å². The van der Waals surface area contributed by atoms with E-state index in [0.717, 1.165) is 0 Å². The van der Waals surface area contributed by atoms with E-state index in [4.69, 9.17) is 22.1 Å². The van der Waals surface area contributed by atoms with Crippen LogP contribution in [0.25, 0.3) is 0 Å². The number of sulfonamides is 1. The number of H-pyrrole nitrogens is 1. The largest absolute Gasteiger partial charge is 0.495 e. The number of carbonyl (C=O) groups excluding carboxylic acids is 1. The fraction of sp³-hybridized carbons (Fsp3) is 0.0909. The van der Waals surface area contributed by atoms with Gasteiger partial charge in [0.25, 0.3) is 15.9 Å². The van der Waals surface area contributed by atoms with Crippen molar-refractivity contribution < 1.29 is 17.9 Å². The SMILES string of the molecule is COc1ccc(S(=O)(=O)Nc2cc(C(N)=O)[nH]n2)cc1Cl. The zero-order valence-electron chi connectivity index (χ0n) is 10.8. The van der Waals surface area contributed by atoms with Crippen molar-refractivity contribution in [1.82, 2.24) is 10.2 Å². The van der Waals surface area contributed by atoms with Gasteiger partial charge >= 0.3 is 0 Å². The van der Waals surface area contributed by atoms with Gasteiger partial charge in [0.15, 0.2) is 5.82 Å². The lowest BCUT2D eigenvalue weighted by atomic mass is 10.3. The average molecular weight is 331 g/mol. The summed E-state index contributed by atoms with van der Waals surface area (Å²) in [4.78, 5) is 10.8. The quantitative estimate of drug-likeness (QED) is 0.752. The minimum atomic E-state index is -3.90. The molecule has 8 nitrogen and oxygen atoms in total. The van der Waals surface area contributed by atoms with E-state index in [0.29, 0.717) is 5.75 Å². The number of nitrogens with two attached hydrogens (primary N) is 1. The van der Waals surface area contributed by atoms with Crippen molar-refractivity contribution in [1.29, 1.82) is 0 Å². The molecule has 0 spiro atoms. The first-order valence-electron chi connectivity index (χ1n) is 5.55. The highest BCUT2D eigenvalue weighted by atomic mass is 35.5. The molecule has 4 N–H and O–H groups in total. The fourth-order valence-corrected chi connectivity index (χ4v) is 2.85. The lowest BCUT2D eigenvalue weighted by molar-refractivity contribution is 0.0995. The molecule has 0 bridgehead atoms. The van der Waals surface area contributed by atoms with Crippen LogP contribution in [0.1, 0.15) is 10.5 Å². The van der Waals surface area contributed by atoms with Gasteiger partial charge in [-0.15, -0.1) is 0 Å². The first-order chi connectivity index (χ1) is 9.83. The van der Waals surface area contributed by atoms with E-state index < -0.39 is 15.9 Å². The number of anilines is 1. The Bertz CT molecular complexity index is 787. The number of hydrogen-bond acceptors (Lipinski definition) is 5. The van der Waals surface area contributed by atoms with Crippen molar-refractivity contribution in [3.05, 3.63) is 35.0 Å². The van der Waals surface area contributed by atoms with Crippen molar-refractivity contribution >= 4 is 33.3 Å². The summed E-state index contributed by atoms with van der Waals surface area (Å²) in [6.07, 6.45) is 0. The van der Waals surface area contributed by atoms with E-state index in [2.05, 4.69) is 14.9 Å². The van der Waals surface area contributed by atoms with Crippen molar-refractivity contribution in [2.24, 2.45) is 5.73 Å². The number of aromatic amines is 1. The molecule has 21 heavy (non-hydrogen) atoms. The molecule has 0 fully saturated rings. The van der Waals surface area contributed by atoms with Crippen molar-refractivity contribution in [3.8, 4) is 5.75 Å². The number of nitrogens with one attached hydrogen (secondary N) is 2. The van der Waals surface area contributed by atoms with Crippen molar-refractivity contribution in [3.63, 3.8) is 0 Å². The lowest BCUT2D eigenvalue weighted by Gasteiger charge is -2.07. The third kappa shape index (κ3) is 3.26. The average Bonchev–Trinajstić information content (AvgIpc) is 2.86. The van der Waals surface area contributed by atoms with E-state index in [-0.39, 0.29) is 21.4 Å². The van der Waals surface area contributed by atoms with Crippen LogP contribution in [0.5, 0.6) is 5.75 Å². The molecule has 0 aliphatic rings. The Kier molecular flexibility index (Phi) is 4.05. The first kappa shape index (κ1) is 15.1. The topological polar surface area (TPSA) is 127 Å². The van der Waals surface area contributed by atoms with Crippen molar-refractivity contribution in [2.75, 3.05) is 11.8 Å². The van der Waals surface area contributed by atoms with Crippen LogP contribution in [0.4, 0.5) is 5.82 Å². The number of methoxy groups -OCH3 is 1. The summed E-state index contributed by atoms with van der Waals surface area (Å²) in [5.74, 6) is -0.456. The molecular formula is C11H11ClN4O4S. The van der Waals surface area contributed by atoms with Gasteiger partial charge in [-0.05, 0) is 18.2 Å². The minimum absolute atomic E-state index is 0.0135. The molecule has 0 radical (unpaired) electrons. The summed E-state index contributed by atoms with van der Waals surface area (Å²) >= 11 is 5.88. The van der Waals surface area contributed by atoms with Crippen LogP contribution in [-0.4, -0.2) is 31.6 Å². The molecule has 0 unspecified atom stereocenters. The normalized spacial score (nSPS) is 11.1. The number of hydrogen-bond donors (Lipinski definition) is 3. The van der Waals surface area contributed by atoms with Crippen LogP contribution in [0.15, 0.2) is 29.2 Å². The molecule has 0 aliphatic heterocycles. The zero-order chi connectivity index (χ0) is 15.6. The lowest BCUT2D eigenvalue weighted by Crippen LogP contribution is -2.13. The summed E-state index contributed by atoms with van der Waals surface area (Å²) in [7, 11) is -2.48. The summed E-state index contributed by atoms with van der Waals surface area (Å²) in [5.41, 5.74) is 5.02. The molecule has 112 valence electrons. The zero-order valence-corrected chi connectivity index (χ0v) is 12.3. The third-order valence-electron chi connectivity index (χ3n) is 2.52. The molecule has 2 rings (SSSR count). The third-order valence-corrected chi connectivity index (χ3v) is 4.16. The molecule has 2 aromatic rings. The number of benzene rings is 1. The number of nitrogens with zero attached hydrogens (tertiary/aromatic N) is 1. The number of rotatable bonds is 5. The molecule has 1 amide bonds. The second kappa shape index (κ2) is 5.62. The molecule has 0 aliphatic carbocycles. The number of ether oxygens (including phenoxy) is 1. The first-order valence-corrected chi connectivity index (χ1v) is 7.41. The predicted molar refractivity (Wildman–Crippen MR) is 75.9 cm³/mol. The Morgan fingerprint density at radius 3 is 2.67 bits per heavy atom. The maximum atomic E-state index is 12.2. The summed E-state index contributed by atoms with van der Waals surface area (Å²) in [6.45, 7) is 0. The maximum Gasteiger partial charge on any atom is 0.266 e. The molecule has 1 aromatic carbocycles. The molecule has 0 saturated carbocycles. The van der Waals surface area contributed by atoms with Crippen LogP contribution >= 0.6 is 11.6 Å². The highest BCUT2D eigenvalue weighted by Gasteiger charge is 2.18. The Labute approximate surface area is 125 Å². The molecule has 0 atom stereocenters. The van der Waals surface area contributed by atoms with Crippen LogP contribution in [0.2, 0.25) is 5.02 Å². The van der Waals surface area contributed by atoms with Gasteiger partial charge in [-0.1, -0.05) is 11.6 Å². The fourth-order valence-electron chi connectivity index (χ4n) is 1.51. The number of amides is 1. The molecule has 1 aromatic heterocycles. The smallest absolute Gasteiger partial charge is 0.266 e. The van der Waals surface area contributed by atoms with E-state index in [1.54, 1.807) is 0 Å². The molecule has 10 heteroatoms. The van der Waals surface area contributed by atoms with Gasteiger partial charge in [-0.25, -0.2) is 8.42 Å². The van der Waals surface area contributed by atoms with Gasteiger partial charge in [-0.3, -0.25) is 14.6 Å². The summed E-state index contributed by atoms with van der Waals surface area (Å²) in [5, 5.41) is 6.09. The van der Waals surface area contributed by atoms with Crippen LogP contribution < -0.4 is 15.2 Å². The Morgan fingerprint density at radius 1 is 1.43 bits per heavy atom. The Balaban J connectivity index is 2.29. The maximum absolute atomic E-state index is 12.2. The number of aromatic nitrogens is 2. The molecular weight excluding hydrogens is 320 g/mol. The second-order valence-electron chi connectivity index (χ2n) is 3.93. The molecule has 1 heterocycles. The van der Waals surface area contributed by atoms with Gasteiger partial charge in [0.05, 0.1) is 17.0 Å². The summed E-state index contributed by atoms with van der Waals surface area (Å²) < 4.78 is 31.4. The number of primary amides is 1. The molecule has 0 saturated heterocycles. The second-order valence-corrected chi connectivity index (χ2v) is 6.02. The van der Waals surface area contributed by atoms with Gasteiger partial charge in [-0.2, -0.15) is 5.10 Å². The van der Waals surface area contributed by atoms with Crippen LogP contribution in [-0.2, 0) is 10.0 Å². The number of carbonyl (C=O) groups is 1. The minimum Gasteiger partial charge on any atom is -0.495 e. The predicted octanol–water partition coefficient (Wildman–Crippen LogP) is 0.971. The highest BCUT2D eigenvalue weighted by molar-refractivity contribution is 7.92. The summed E-state index contributed by atoms with van der Waals surface area (Å²) in [6, 6.07) is 5.18. The van der Waals surface area contributed by atoms with Gasteiger partial charge in [0, 0.05) is 6.07 Å². The Morgan fingerprint density at radius 2 is 2.14 bits per heavy atom. The van der Waals surface area contributed by atoms with Crippen LogP contribution in [0, 0.1) is 0 Å². The van der Waals surface area contributed by atoms with E-state index >= 15 is 0 Å².